The zero-order chi connectivity index (χ0) is 12.4. The Kier molecular flexibility index (Phi) is 3.40. The lowest BCUT2D eigenvalue weighted by molar-refractivity contribution is 0.0207. The second-order valence-corrected chi connectivity index (χ2v) is 6.02. The van der Waals surface area contributed by atoms with E-state index in [1.54, 1.807) is 0 Å². The predicted molar refractivity (Wildman–Crippen MR) is 73.7 cm³/mol. The Morgan fingerprint density at radius 3 is 3.00 bits per heavy atom. The zero-order valence-corrected chi connectivity index (χ0v) is 11.2. The summed E-state index contributed by atoms with van der Waals surface area (Å²) in [5, 5.41) is 3.55. The van der Waals surface area contributed by atoms with Crippen LogP contribution in [0.25, 0.3) is 0 Å². The van der Waals surface area contributed by atoms with Crippen molar-refractivity contribution in [3.8, 4) is 0 Å². The zero-order valence-electron chi connectivity index (χ0n) is 11.2. The lowest BCUT2D eigenvalue weighted by Gasteiger charge is -2.23. The molecule has 1 aromatic carbocycles. The van der Waals surface area contributed by atoms with Crippen LogP contribution in [0.4, 0.5) is 0 Å². The van der Waals surface area contributed by atoms with Crippen molar-refractivity contribution in [1.29, 1.82) is 0 Å². The van der Waals surface area contributed by atoms with Gasteiger partial charge in [-0.25, -0.2) is 0 Å². The van der Waals surface area contributed by atoms with Gasteiger partial charge < -0.3 is 10.1 Å². The summed E-state index contributed by atoms with van der Waals surface area (Å²) in [6.45, 7) is 5.06. The molecule has 1 aromatic rings. The lowest BCUT2D eigenvalue weighted by Crippen LogP contribution is -2.36. The van der Waals surface area contributed by atoms with Crippen LogP contribution in [0.15, 0.2) is 24.3 Å². The molecule has 18 heavy (non-hydrogen) atoms. The highest BCUT2D eigenvalue weighted by atomic mass is 16.5. The van der Waals surface area contributed by atoms with E-state index in [0.29, 0.717) is 0 Å². The monoisotopic (exact) mass is 245 g/mol. The van der Waals surface area contributed by atoms with Crippen LogP contribution in [-0.2, 0) is 11.3 Å². The summed E-state index contributed by atoms with van der Waals surface area (Å²) in [7, 11) is 0. The second-order valence-electron chi connectivity index (χ2n) is 6.02. The van der Waals surface area contributed by atoms with Crippen molar-refractivity contribution in [2.45, 2.75) is 50.7 Å². The van der Waals surface area contributed by atoms with Gasteiger partial charge in [-0.15, -0.1) is 0 Å². The molecule has 1 aliphatic carbocycles. The largest absolute Gasteiger partial charge is 0.374 e. The van der Waals surface area contributed by atoms with Gasteiger partial charge >= 0.3 is 0 Å². The summed E-state index contributed by atoms with van der Waals surface area (Å²) in [6, 6.07) is 9.04. The molecule has 0 aromatic heterocycles. The number of benzene rings is 1. The molecule has 1 unspecified atom stereocenters. The molecular formula is C16H23NO. The molecule has 1 heterocycles. The Morgan fingerprint density at radius 2 is 2.28 bits per heavy atom. The quantitative estimate of drug-likeness (QED) is 0.860. The van der Waals surface area contributed by atoms with Gasteiger partial charge in [0.15, 0.2) is 0 Å². The van der Waals surface area contributed by atoms with Gasteiger partial charge in [0, 0.05) is 19.7 Å². The van der Waals surface area contributed by atoms with Gasteiger partial charge in [-0.2, -0.15) is 0 Å². The SMILES string of the molecule is CC1(CNCc2cccc(C3CC3)c2)CCCO1. The molecule has 2 nitrogen and oxygen atoms in total. The number of hydrogen-bond donors (Lipinski definition) is 1. The topological polar surface area (TPSA) is 21.3 Å². The van der Waals surface area contributed by atoms with Crippen LogP contribution < -0.4 is 5.32 Å². The lowest BCUT2D eigenvalue weighted by atomic mass is 10.0. The third-order valence-corrected chi connectivity index (χ3v) is 4.13. The molecule has 0 bridgehead atoms. The van der Waals surface area contributed by atoms with E-state index in [1.165, 1.54) is 36.8 Å². The average Bonchev–Trinajstić information content (AvgIpc) is 3.14. The van der Waals surface area contributed by atoms with Gasteiger partial charge in [-0.3, -0.25) is 0 Å². The fourth-order valence-electron chi connectivity index (χ4n) is 2.82. The Bertz CT molecular complexity index is 405. The molecule has 1 N–H and O–H groups in total. The number of ether oxygens (including phenoxy) is 1. The van der Waals surface area contributed by atoms with E-state index in [1.807, 2.05) is 0 Å². The normalized spacial score (nSPS) is 27.6. The van der Waals surface area contributed by atoms with Crippen molar-refractivity contribution >= 4 is 0 Å². The van der Waals surface area contributed by atoms with Crippen molar-refractivity contribution in [2.24, 2.45) is 0 Å². The molecule has 1 aliphatic heterocycles. The highest BCUT2D eigenvalue weighted by Gasteiger charge is 2.29. The minimum atomic E-state index is 0.0636. The highest BCUT2D eigenvalue weighted by molar-refractivity contribution is 5.29. The summed E-state index contributed by atoms with van der Waals surface area (Å²) in [4.78, 5) is 0. The first-order valence-electron chi connectivity index (χ1n) is 7.19. The summed E-state index contributed by atoms with van der Waals surface area (Å²) in [6.07, 6.45) is 5.14. The molecule has 98 valence electrons. The van der Waals surface area contributed by atoms with Crippen molar-refractivity contribution in [3.05, 3.63) is 35.4 Å². The van der Waals surface area contributed by atoms with Crippen LogP contribution in [-0.4, -0.2) is 18.8 Å². The molecule has 1 saturated carbocycles. The van der Waals surface area contributed by atoms with Crippen LogP contribution in [0.2, 0.25) is 0 Å². The van der Waals surface area contributed by atoms with E-state index in [4.69, 9.17) is 4.74 Å². The van der Waals surface area contributed by atoms with Gasteiger partial charge in [0.05, 0.1) is 5.60 Å². The van der Waals surface area contributed by atoms with Gasteiger partial charge in [-0.1, -0.05) is 24.3 Å². The maximum atomic E-state index is 5.79. The summed E-state index contributed by atoms with van der Waals surface area (Å²) >= 11 is 0. The van der Waals surface area contributed by atoms with Crippen molar-refractivity contribution < 1.29 is 4.74 Å². The Hall–Kier alpha value is -0.860. The first-order valence-corrected chi connectivity index (χ1v) is 7.19. The summed E-state index contributed by atoms with van der Waals surface area (Å²) in [5.74, 6) is 0.848. The van der Waals surface area contributed by atoms with Gasteiger partial charge in [0.1, 0.15) is 0 Å². The third-order valence-electron chi connectivity index (χ3n) is 4.13. The molecule has 2 aliphatic rings. The van der Waals surface area contributed by atoms with E-state index in [-0.39, 0.29) is 5.60 Å². The predicted octanol–water partition coefficient (Wildman–Crippen LogP) is 3.22. The molecule has 0 spiro atoms. The van der Waals surface area contributed by atoms with Gasteiger partial charge in [0.2, 0.25) is 0 Å². The summed E-state index contributed by atoms with van der Waals surface area (Å²) < 4.78 is 5.79. The highest BCUT2D eigenvalue weighted by Crippen LogP contribution is 2.40. The van der Waals surface area contributed by atoms with Crippen LogP contribution in [0.3, 0.4) is 0 Å². The maximum Gasteiger partial charge on any atom is 0.0779 e. The van der Waals surface area contributed by atoms with E-state index in [9.17, 15) is 0 Å². The van der Waals surface area contributed by atoms with Gasteiger partial charge in [-0.05, 0) is 49.7 Å². The first kappa shape index (κ1) is 12.2. The van der Waals surface area contributed by atoms with Crippen molar-refractivity contribution in [2.75, 3.05) is 13.2 Å². The van der Waals surface area contributed by atoms with Gasteiger partial charge in [0.25, 0.3) is 0 Å². The molecule has 1 saturated heterocycles. The molecule has 2 fully saturated rings. The van der Waals surface area contributed by atoms with Crippen LogP contribution in [0.5, 0.6) is 0 Å². The fraction of sp³-hybridized carbons (Fsp3) is 0.625. The fourth-order valence-corrected chi connectivity index (χ4v) is 2.82. The second kappa shape index (κ2) is 5.02. The third kappa shape index (κ3) is 2.93. The Balaban J connectivity index is 1.51. The average molecular weight is 245 g/mol. The van der Waals surface area contributed by atoms with Crippen LogP contribution >= 0.6 is 0 Å². The first-order chi connectivity index (χ1) is 8.75. The van der Waals surface area contributed by atoms with E-state index >= 15 is 0 Å². The molecule has 0 radical (unpaired) electrons. The molecule has 1 atom stereocenters. The number of hydrogen-bond acceptors (Lipinski definition) is 2. The minimum Gasteiger partial charge on any atom is -0.374 e. The standard InChI is InChI=1S/C16H23NO/c1-16(8-3-9-18-16)12-17-11-13-4-2-5-15(10-13)14-6-7-14/h2,4-5,10,14,17H,3,6-9,11-12H2,1H3. The van der Waals surface area contributed by atoms with Crippen LogP contribution in [0, 0.1) is 0 Å². The maximum absolute atomic E-state index is 5.79. The molecular weight excluding hydrogens is 222 g/mol. The Labute approximate surface area is 110 Å². The van der Waals surface area contributed by atoms with E-state index in [0.717, 1.165) is 25.6 Å². The number of rotatable bonds is 5. The smallest absolute Gasteiger partial charge is 0.0779 e. The van der Waals surface area contributed by atoms with E-state index in [2.05, 4.69) is 36.5 Å². The van der Waals surface area contributed by atoms with E-state index < -0.39 is 0 Å². The minimum absolute atomic E-state index is 0.0636. The van der Waals surface area contributed by atoms with Crippen molar-refractivity contribution in [1.82, 2.24) is 5.32 Å². The Morgan fingerprint density at radius 1 is 1.39 bits per heavy atom. The van der Waals surface area contributed by atoms with Crippen molar-refractivity contribution in [3.63, 3.8) is 0 Å². The molecule has 2 heteroatoms. The molecule has 3 rings (SSSR count). The van der Waals surface area contributed by atoms with Crippen LogP contribution in [0.1, 0.15) is 49.7 Å². The number of nitrogens with one attached hydrogen (secondary N) is 1. The molecule has 0 amide bonds. The summed E-state index contributed by atoms with van der Waals surface area (Å²) in [5.41, 5.74) is 2.99.